The van der Waals surface area contributed by atoms with Crippen LogP contribution >= 0.6 is 0 Å². The quantitative estimate of drug-likeness (QED) is 0.711. The van der Waals surface area contributed by atoms with Crippen LogP contribution in [0.2, 0.25) is 0 Å². The van der Waals surface area contributed by atoms with Gasteiger partial charge < -0.3 is 20.1 Å². The van der Waals surface area contributed by atoms with Crippen LogP contribution in [0.5, 0.6) is 5.75 Å². The van der Waals surface area contributed by atoms with Crippen molar-refractivity contribution in [3.63, 3.8) is 0 Å². The van der Waals surface area contributed by atoms with Crippen LogP contribution in [0.4, 0.5) is 0 Å². The van der Waals surface area contributed by atoms with Crippen molar-refractivity contribution in [2.24, 2.45) is 0 Å². The van der Waals surface area contributed by atoms with Crippen LogP contribution in [-0.2, 0) is 11.2 Å². The van der Waals surface area contributed by atoms with Gasteiger partial charge in [0.2, 0.25) is 0 Å². The predicted octanol–water partition coefficient (Wildman–Crippen LogP) is 0.572. The maximum absolute atomic E-state index is 12.0. The molecule has 2 rings (SSSR count). The highest BCUT2D eigenvalue weighted by Gasteiger charge is 2.17. The molecule has 1 atom stereocenters. The molecule has 1 aromatic carbocycles. The molecule has 0 aliphatic carbocycles. The smallest absolute Gasteiger partial charge is 0.325 e. The van der Waals surface area contributed by atoms with Gasteiger partial charge in [-0.25, -0.2) is 4.98 Å². The lowest BCUT2D eigenvalue weighted by Crippen LogP contribution is -2.39. The van der Waals surface area contributed by atoms with Gasteiger partial charge in [-0.05, 0) is 24.6 Å². The van der Waals surface area contributed by atoms with Gasteiger partial charge in [0.25, 0.3) is 11.5 Å². The fraction of sp³-hybridized carbons (Fsp3) is 0.250. The predicted molar refractivity (Wildman–Crippen MR) is 85.2 cm³/mol. The van der Waals surface area contributed by atoms with Crippen LogP contribution < -0.4 is 15.6 Å². The number of nitrogens with zero attached hydrogens (tertiary/aromatic N) is 1. The molecule has 0 aliphatic rings. The summed E-state index contributed by atoms with van der Waals surface area (Å²) in [6, 6.07) is 7.14. The second-order valence-corrected chi connectivity index (χ2v) is 5.14. The van der Waals surface area contributed by atoms with Crippen molar-refractivity contribution in [2.45, 2.75) is 19.4 Å². The number of aromatic nitrogens is 2. The van der Waals surface area contributed by atoms with Crippen LogP contribution in [0.3, 0.4) is 0 Å². The first kappa shape index (κ1) is 17.2. The molecule has 0 saturated carbocycles. The van der Waals surface area contributed by atoms with Gasteiger partial charge >= 0.3 is 5.97 Å². The zero-order chi connectivity index (χ0) is 17.7. The SMILES string of the molecule is COc1ccc(Cc2nc(C(=O)NC(C)C(=O)O)cc(=O)[nH]2)cc1. The number of carbonyl (C=O) groups excluding carboxylic acids is 1. The van der Waals surface area contributed by atoms with E-state index in [1.807, 2.05) is 12.1 Å². The Morgan fingerprint density at radius 2 is 2.00 bits per heavy atom. The lowest BCUT2D eigenvalue weighted by atomic mass is 10.1. The van der Waals surface area contributed by atoms with Crippen LogP contribution in [0.1, 0.15) is 28.8 Å². The number of carboxylic acid groups (broad SMARTS) is 1. The van der Waals surface area contributed by atoms with Crippen molar-refractivity contribution in [1.29, 1.82) is 0 Å². The fourth-order valence-corrected chi connectivity index (χ4v) is 1.98. The maximum Gasteiger partial charge on any atom is 0.325 e. The number of rotatable bonds is 6. The van der Waals surface area contributed by atoms with E-state index in [9.17, 15) is 14.4 Å². The molecule has 0 radical (unpaired) electrons. The first-order valence-electron chi connectivity index (χ1n) is 7.16. The third-order valence-electron chi connectivity index (χ3n) is 3.27. The Labute approximate surface area is 137 Å². The lowest BCUT2D eigenvalue weighted by Gasteiger charge is -2.09. The molecular formula is C16H17N3O5. The monoisotopic (exact) mass is 331 g/mol. The molecule has 0 spiro atoms. The van der Waals surface area contributed by atoms with Gasteiger partial charge in [-0.15, -0.1) is 0 Å². The molecule has 3 N–H and O–H groups in total. The average molecular weight is 331 g/mol. The summed E-state index contributed by atoms with van der Waals surface area (Å²) in [5.41, 5.74) is 0.257. The molecule has 1 unspecified atom stereocenters. The maximum atomic E-state index is 12.0. The first-order valence-corrected chi connectivity index (χ1v) is 7.16. The molecule has 1 heterocycles. The molecule has 8 heteroatoms. The number of hydrogen-bond donors (Lipinski definition) is 3. The molecule has 0 bridgehead atoms. The minimum absolute atomic E-state index is 0.129. The number of nitrogens with one attached hydrogen (secondary N) is 2. The van der Waals surface area contributed by atoms with E-state index in [0.717, 1.165) is 11.6 Å². The van der Waals surface area contributed by atoms with E-state index in [4.69, 9.17) is 9.84 Å². The standard InChI is InChI=1S/C16H17N3O5/c1-9(16(22)23)17-15(21)12-8-14(20)19-13(18-12)7-10-3-5-11(24-2)6-4-10/h3-6,8-9H,7H2,1-2H3,(H,17,21)(H,22,23)(H,18,19,20). The Hall–Kier alpha value is -3.16. The van der Waals surface area contributed by atoms with Crippen molar-refractivity contribution >= 4 is 11.9 Å². The summed E-state index contributed by atoms with van der Waals surface area (Å²) in [6.07, 6.45) is 0.314. The number of amides is 1. The average Bonchev–Trinajstić information content (AvgIpc) is 2.54. The number of hydrogen-bond acceptors (Lipinski definition) is 5. The fourth-order valence-electron chi connectivity index (χ4n) is 1.98. The van der Waals surface area contributed by atoms with Crippen LogP contribution in [0.25, 0.3) is 0 Å². The molecule has 126 valence electrons. The highest BCUT2D eigenvalue weighted by Crippen LogP contribution is 2.13. The largest absolute Gasteiger partial charge is 0.497 e. The van der Waals surface area contributed by atoms with E-state index in [1.165, 1.54) is 6.92 Å². The molecular weight excluding hydrogens is 314 g/mol. The van der Waals surface area contributed by atoms with E-state index in [1.54, 1.807) is 19.2 Å². The van der Waals surface area contributed by atoms with Crippen LogP contribution in [0.15, 0.2) is 35.1 Å². The summed E-state index contributed by atoms with van der Waals surface area (Å²) >= 11 is 0. The van der Waals surface area contributed by atoms with Crippen molar-refractivity contribution in [1.82, 2.24) is 15.3 Å². The lowest BCUT2D eigenvalue weighted by molar-refractivity contribution is -0.138. The summed E-state index contributed by atoms with van der Waals surface area (Å²) in [7, 11) is 1.56. The van der Waals surface area contributed by atoms with E-state index in [0.29, 0.717) is 18.0 Å². The minimum atomic E-state index is -1.17. The second-order valence-electron chi connectivity index (χ2n) is 5.14. The topological polar surface area (TPSA) is 121 Å². The molecule has 0 fully saturated rings. The van der Waals surface area contributed by atoms with E-state index in [2.05, 4.69) is 15.3 Å². The number of methoxy groups -OCH3 is 1. The number of carbonyl (C=O) groups is 2. The molecule has 24 heavy (non-hydrogen) atoms. The molecule has 2 aromatic rings. The Balaban J connectivity index is 2.19. The third kappa shape index (κ3) is 4.42. The van der Waals surface area contributed by atoms with E-state index in [-0.39, 0.29) is 5.69 Å². The van der Waals surface area contributed by atoms with E-state index < -0.39 is 23.5 Å². The van der Waals surface area contributed by atoms with Crippen molar-refractivity contribution in [3.05, 3.63) is 57.8 Å². The second kappa shape index (κ2) is 7.40. The summed E-state index contributed by atoms with van der Waals surface area (Å²) in [4.78, 5) is 41.1. The van der Waals surface area contributed by atoms with Crippen LogP contribution in [0, 0.1) is 0 Å². The molecule has 0 saturated heterocycles. The minimum Gasteiger partial charge on any atom is -0.497 e. The number of H-pyrrole nitrogens is 1. The van der Waals surface area contributed by atoms with E-state index >= 15 is 0 Å². The van der Waals surface area contributed by atoms with Crippen LogP contribution in [-0.4, -0.2) is 40.1 Å². The van der Waals surface area contributed by atoms with Gasteiger partial charge in [-0.1, -0.05) is 12.1 Å². The Bertz CT molecular complexity index is 798. The Kier molecular flexibility index (Phi) is 5.31. The summed E-state index contributed by atoms with van der Waals surface area (Å²) in [6.45, 7) is 1.33. The van der Waals surface area contributed by atoms with Gasteiger partial charge in [0.15, 0.2) is 0 Å². The molecule has 0 aliphatic heterocycles. The Morgan fingerprint density at radius 1 is 1.33 bits per heavy atom. The number of carboxylic acids is 1. The highest BCUT2D eigenvalue weighted by atomic mass is 16.5. The summed E-state index contributed by atoms with van der Waals surface area (Å²) in [5.74, 6) is -0.879. The number of ether oxygens (including phenoxy) is 1. The molecule has 1 amide bonds. The van der Waals surface area contributed by atoms with Gasteiger partial charge in [-0.3, -0.25) is 14.4 Å². The van der Waals surface area contributed by atoms with Gasteiger partial charge in [0, 0.05) is 12.5 Å². The molecule has 1 aromatic heterocycles. The number of aromatic amines is 1. The summed E-state index contributed by atoms with van der Waals surface area (Å²) in [5, 5.41) is 11.1. The van der Waals surface area contributed by atoms with Crippen molar-refractivity contribution in [2.75, 3.05) is 7.11 Å². The van der Waals surface area contributed by atoms with Gasteiger partial charge in [0.05, 0.1) is 7.11 Å². The summed E-state index contributed by atoms with van der Waals surface area (Å²) < 4.78 is 5.07. The number of aliphatic carboxylic acids is 1. The zero-order valence-electron chi connectivity index (χ0n) is 13.2. The first-order chi connectivity index (χ1) is 11.4. The third-order valence-corrected chi connectivity index (χ3v) is 3.27. The Morgan fingerprint density at radius 3 is 2.58 bits per heavy atom. The van der Waals surface area contributed by atoms with Crippen molar-refractivity contribution in [3.8, 4) is 5.75 Å². The number of benzene rings is 1. The highest BCUT2D eigenvalue weighted by molar-refractivity contribution is 5.94. The zero-order valence-corrected chi connectivity index (χ0v) is 13.2. The van der Waals surface area contributed by atoms with Gasteiger partial charge in [-0.2, -0.15) is 0 Å². The normalized spacial score (nSPS) is 11.6. The van der Waals surface area contributed by atoms with Crippen molar-refractivity contribution < 1.29 is 19.4 Å². The van der Waals surface area contributed by atoms with Gasteiger partial charge in [0.1, 0.15) is 23.3 Å². The molecule has 8 nitrogen and oxygen atoms in total.